The van der Waals surface area contributed by atoms with E-state index in [0.717, 1.165) is 15.4 Å². The minimum absolute atomic E-state index is 0.0209. The second-order valence-corrected chi connectivity index (χ2v) is 14.7. The van der Waals surface area contributed by atoms with Crippen LogP contribution in [0.15, 0.2) is 138 Å². The zero-order valence-corrected chi connectivity index (χ0v) is 30.5. The Morgan fingerprint density at radius 1 is 0.784 bits per heavy atom. The van der Waals surface area contributed by atoms with Crippen molar-refractivity contribution < 1.29 is 22.7 Å². The van der Waals surface area contributed by atoms with Crippen molar-refractivity contribution in [2.75, 3.05) is 10.8 Å². The highest BCUT2D eigenvalue weighted by molar-refractivity contribution is 7.92. The van der Waals surface area contributed by atoms with Gasteiger partial charge in [0.15, 0.2) is 0 Å². The highest BCUT2D eigenvalue weighted by Crippen LogP contribution is 2.29. The third-order valence-electron chi connectivity index (χ3n) is 8.51. The van der Waals surface area contributed by atoms with Gasteiger partial charge in [0.25, 0.3) is 10.0 Å². The second-order valence-electron chi connectivity index (χ2n) is 12.4. The lowest BCUT2D eigenvalue weighted by atomic mass is 10.0. The predicted octanol–water partition coefficient (Wildman–Crippen LogP) is 8.19. The summed E-state index contributed by atoms with van der Waals surface area (Å²) < 4.78 is 35.8. The van der Waals surface area contributed by atoms with E-state index in [2.05, 4.69) is 5.32 Å². The molecule has 0 aliphatic carbocycles. The predicted molar refractivity (Wildman–Crippen MR) is 203 cm³/mol. The van der Waals surface area contributed by atoms with Gasteiger partial charge in [-0.1, -0.05) is 96.9 Å². The number of benzene rings is 5. The molecule has 5 rings (SSSR count). The molecule has 264 valence electrons. The zero-order valence-electron chi connectivity index (χ0n) is 28.9. The average molecular weight is 724 g/mol. The Morgan fingerprint density at radius 2 is 1.39 bits per heavy atom. The van der Waals surface area contributed by atoms with Crippen LogP contribution in [0.1, 0.15) is 37.0 Å². The van der Waals surface area contributed by atoms with Crippen LogP contribution in [0.25, 0.3) is 0 Å². The van der Waals surface area contributed by atoms with Crippen LogP contribution in [0, 0.1) is 6.92 Å². The van der Waals surface area contributed by atoms with Crippen LogP contribution in [0.2, 0.25) is 5.02 Å². The first-order valence-electron chi connectivity index (χ1n) is 16.8. The molecule has 0 bridgehead atoms. The molecule has 1 N–H and O–H groups in total. The van der Waals surface area contributed by atoms with Gasteiger partial charge in [-0.05, 0) is 92.1 Å². The lowest BCUT2D eigenvalue weighted by molar-refractivity contribution is -0.140. The molecule has 0 aromatic heterocycles. The molecule has 0 radical (unpaired) electrons. The minimum Gasteiger partial charge on any atom is -0.457 e. The number of carbonyl (C=O) groups excluding carboxylic acids is 2. The van der Waals surface area contributed by atoms with Gasteiger partial charge in [0, 0.05) is 24.0 Å². The quantitative estimate of drug-likeness (QED) is 0.118. The van der Waals surface area contributed by atoms with Crippen LogP contribution in [0.5, 0.6) is 11.5 Å². The first-order valence-corrected chi connectivity index (χ1v) is 18.7. The molecule has 0 fully saturated rings. The summed E-state index contributed by atoms with van der Waals surface area (Å²) in [6.07, 6.45) is 0.907. The van der Waals surface area contributed by atoms with Crippen molar-refractivity contribution in [1.82, 2.24) is 10.2 Å². The number of hydrogen-bond acceptors (Lipinski definition) is 5. The molecule has 0 aliphatic heterocycles. The molecule has 0 aliphatic rings. The van der Waals surface area contributed by atoms with E-state index in [1.807, 2.05) is 87.5 Å². The van der Waals surface area contributed by atoms with E-state index in [4.69, 9.17) is 16.3 Å². The van der Waals surface area contributed by atoms with E-state index >= 15 is 0 Å². The van der Waals surface area contributed by atoms with Crippen LogP contribution in [0.4, 0.5) is 5.69 Å². The summed E-state index contributed by atoms with van der Waals surface area (Å²) in [4.78, 5) is 30.3. The average Bonchev–Trinajstić information content (AvgIpc) is 3.13. The van der Waals surface area contributed by atoms with E-state index in [1.165, 1.54) is 17.0 Å². The topological polar surface area (TPSA) is 96.0 Å². The van der Waals surface area contributed by atoms with E-state index in [1.54, 1.807) is 54.6 Å². The molecule has 0 saturated heterocycles. The molecule has 0 unspecified atom stereocenters. The number of anilines is 1. The van der Waals surface area contributed by atoms with Gasteiger partial charge in [-0.3, -0.25) is 13.9 Å². The van der Waals surface area contributed by atoms with Crippen LogP contribution >= 0.6 is 11.6 Å². The van der Waals surface area contributed by atoms with Gasteiger partial charge >= 0.3 is 0 Å². The molecule has 2 atom stereocenters. The summed E-state index contributed by atoms with van der Waals surface area (Å²) in [7, 11) is -4.26. The molecular formula is C41H42ClN3O5S. The van der Waals surface area contributed by atoms with Crippen LogP contribution < -0.4 is 14.4 Å². The molecule has 0 saturated carbocycles. The highest BCUT2D eigenvalue weighted by Gasteiger charge is 2.35. The smallest absolute Gasteiger partial charge is 0.264 e. The number of aryl methyl sites for hydroxylation is 1. The Labute approximate surface area is 305 Å². The van der Waals surface area contributed by atoms with Gasteiger partial charge in [0.05, 0.1) is 10.6 Å². The van der Waals surface area contributed by atoms with Crippen LogP contribution in [0.3, 0.4) is 0 Å². The monoisotopic (exact) mass is 723 g/mol. The fourth-order valence-corrected chi connectivity index (χ4v) is 7.13. The Hall–Kier alpha value is -5.12. The lowest BCUT2D eigenvalue weighted by Crippen LogP contribution is -2.54. The number of carbonyl (C=O) groups is 2. The van der Waals surface area contributed by atoms with Crippen molar-refractivity contribution in [3.05, 3.63) is 155 Å². The summed E-state index contributed by atoms with van der Waals surface area (Å²) in [6.45, 7) is 5.19. The molecule has 0 spiro atoms. The van der Waals surface area contributed by atoms with E-state index in [9.17, 15) is 18.0 Å². The van der Waals surface area contributed by atoms with Crippen LogP contribution in [-0.4, -0.2) is 43.8 Å². The Bertz CT molecular complexity index is 2010. The number of amides is 2. The number of ether oxygens (including phenoxy) is 1. The standard InChI is InChI=1S/C41H42ClN3O5S/c1-4-31(3)43-41(47)39(27-32-12-7-5-8-13-32)44(28-33-14-11-15-34(42)26-33)40(46)29-45(51(48,49)38-24-18-30(2)19-25-38)35-20-22-37(23-21-35)50-36-16-9-6-10-17-36/h5-26,31,39H,4,27-29H2,1-3H3,(H,43,47)/t31-,39-/m1/s1. The summed E-state index contributed by atoms with van der Waals surface area (Å²) >= 11 is 6.35. The van der Waals surface area contributed by atoms with E-state index in [-0.39, 0.29) is 35.5 Å². The molecule has 2 amide bonds. The number of nitrogens with one attached hydrogen (secondary N) is 1. The van der Waals surface area contributed by atoms with Crippen molar-refractivity contribution in [3.63, 3.8) is 0 Å². The van der Waals surface area contributed by atoms with Crippen molar-refractivity contribution in [2.45, 2.75) is 57.1 Å². The minimum atomic E-state index is -4.26. The van der Waals surface area contributed by atoms with Gasteiger partial charge in [-0.2, -0.15) is 0 Å². The summed E-state index contributed by atoms with van der Waals surface area (Å²) in [5.41, 5.74) is 2.70. The summed E-state index contributed by atoms with van der Waals surface area (Å²) in [6, 6.07) is 37.6. The number of hydrogen-bond donors (Lipinski definition) is 1. The number of nitrogens with zero attached hydrogens (tertiary/aromatic N) is 2. The fraction of sp³-hybridized carbons (Fsp3) is 0.220. The fourth-order valence-electron chi connectivity index (χ4n) is 5.50. The SMILES string of the molecule is CC[C@@H](C)NC(=O)[C@@H](Cc1ccccc1)N(Cc1cccc(Cl)c1)C(=O)CN(c1ccc(Oc2ccccc2)cc1)S(=O)(=O)c1ccc(C)cc1. The lowest BCUT2D eigenvalue weighted by Gasteiger charge is -2.34. The summed E-state index contributed by atoms with van der Waals surface area (Å²) in [5, 5.41) is 3.53. The number of halogens is 1. The first-order chi connectivity index (χ1) is 24.5. The van der Waals surface area contributed by atoms with E-state index in [0.29, 0.717) is 28.5 Å². The Morgan fingerprint density at radius 3 is 2.02 bits per heavy atom. The van der Waals surface area contributed by atoms with Gasteiger partial charge < -0.3 is 15.0 Å². The number of sulfonamides is 1. The van der Waals surface area contributed by atoms with Gasteiger partial charge in [-0.25, -0.2) is 8.42 Å². The van der Waals surface area contributed by atoms with Gasteiger partial charge in [0.2, 0.25) is 11.8 Å². The Balaban J connectivity index is 1.56. The van der Waals surface area contributed by atoms with Gasteiger partial charge in [0.1, 0.15) is 24.1 Å². The van der Waals surface area contributed by atoms with Crippen molar-refractivity contribution in [1.29, 1.82) is 0 Å². The molecule has 5 aromatic rings. The number of rotatable bonds is 15. The number of para-hydroxylation sites is 1. The third-order valence-corrected chi connectivity index (χ3v) is 10.5. The largest absolute Gasteiger partial charge is 0.457 e. The van der Waals surface area contributed by atoms with Crippen molar-refractivity contribution in [2.24, 2.45) is 0 Å². The molecule has 8 nitrogen and oxygen atoms in total. The normalized spacial score (nSPS) is 12.4. The van der Waals surface area contributed by atoms with Crippen molar-refractivity contribution >= 4 is 39.1 Å². The molecule has 5 aromatic carbocycles. The van der Waals surface area contributed by atoms with Crippen LogP contribution in [-0.2, 0) is 32.6 Å². The first kappa shape index (κ1) is 37.1. The zero-order chi connectivity index (χ0) is 36.4. The molecular weight excluding hydrogens is 682 g/mol. The third kappa shape index (κ3) is 9.99. The second kappa shape index (κ2) is 17.2. The van der Waals surface area contributed by atoms with Crippen molar-refractivity contribution in [3.8, 4) is 11.5 Å². The molecule has 0 heterocycles. The highest BCUT2D eigenvalue weighted by atomic mass is 35.5. The summed E-state index contributed by atoms with van der Waals surface area (Å²) in [5.74, 6) is 0.229. The van der Waals surface area contributed by atoms with E-state index < -0.39 is 28.5 Å². The maximum absolute atomic E-state index is 14.7. The molecule has 10 heteroatoms. The molecule has 51 heavy (non-hydrogen) atoms. The Kier molecular flexibility index (Phi) is 12.5. The maximum atomic E-state index is 14.7. The van der Waals surface area contributed by atoms with Gasteiger partial charge in [-0.15, -0.1) is 0 Å². The maximum Gasteiger partial charge on any atom is 0.264 e.